The zero-order valence-corrected chi connectivity index (χ0v) is 14.3. The Morgan fingerprint density at radius 1 is 1.35 bits per heavy atom. The van der Waals surface area contributed by atoms with E-state index in [4.69, 9.17) is 0 Å². The second-order valence-corrected chi connectivity index (χ2v) is 7.34. The average Bonchev–Trinajstić information content (AvgIpc) is 3.18. The number of aryl methyl sites for hydroxylation is 1. The summed E-state index contributed by atoms with van der Waals surface area (Å²) in [5.41, 5.74) is 1.98. The maximum absolute atomic E-state index is 10.3. The molecule has 1 aliphatic heterocycles. The van der Waals surface area contributed by atoms with Gasteiger partial charge >= 0.3 is 0 Å². The lowest BCUT2D eigenvalue weighted by Gasteiger charge is -2.18. The van der Waals surface area contributed by atoms with Crippen LogP contribution in [-0.2, 0) is 13.1 Å². The van der Waals surface area contributed by atoms with Crippen molar-refractivity contribution in [1.82, 2.24) is 19.1 Å². The van der Waals surface area contributed by atoms with Crippen molar-refractivity contribution in [3.63, 3.8) is 0 Å². The summed E-state index contributed by atoms with van der Waals surface area (Å²) in [6.45, 7) is 2.61. The van der Waals surface area contributed by atoms with Crippen LogP contribution in [0, 0.1) is 5.92 Å². The fourth-order valence-electron chi connectivity index (χ4n) is 2.96. The average molecular weight is 334 g/mol. The van der Waals surface area contributed by atoms with E-state index in [1.54, 1.807) is 0 Å². The van der Waals surface area contributed by atoms with Crippen LogP contribution in [0.4, 0.5) is 11.1 Å². The lowest BCUT2D eigenvalue weighted by atomic mass is 10.1. The van der Waals surface area contributed by atoms with Crippen LogP contribution < -0.4 is 9.80 Å². The molecule has 0 spiro atoms. The number of aliphatic hydroxyl groups is 1. The summed E-state index contributed by atoms with van der Waals surface area (Å²) in [6.07, 6.45) is 2.86. The number of aliphatic hydroxyl groups excluding tert-OH is 1. The molecule has 4 rings (SSSR count). The SMILES string of the molecule is CN(C)c1nsc(N2CCCn3nc([C@@H](O)C4CC4)cc3C2)n1. The maximum Gasteiger partial charge on any atom is 0.238 e. The van der Waals surface area contributed by atoms with Crippen LogP contribution in [0.1, 0.15) is 36.8 Å². The van der Waals surface area contributed by atoms with Crippen molar-refractivity contribution in [2.45, 2.75) is 38.5 Å². The molecule has 1 aliphatic carbocycles. The maximum atomic E-state index is 10.3. The van der Waals surface area contributed by atoms with Crippen molar-refractivity contribution in [1.29, 1.82) is 0 Å². The molecule has 0 bridgehead atoms. The second kappa shape index (κ2) is 5.76. The summed E-state index contributed by atoms with van der Waals surface area (Å²) in [6, 6.07) is 2.06. The highest BCUT2D eigenvalue weighted by molar-refractivity contribution is 7.09. The number of fused-ring (bicyclic) bond motifs is 1. The van der Waals surface area contributed by atoms with Crippen LogP contribution in [0.3, 0.4) is 0 Å². The standard InChI is InChI=1S/C15H22N6OS/c1-19(2)14-16-15(23-18-14)20-6-3-7-21-11(9-20)8-12(17-21)13(22)10-4-5-10/h8,10,13,22H,3-7,9H2,1-2H3/t13-/m0/s1. The van der Waals surface area contributed by atoms with Gasteiger partial charge in [-0.1, -0.05) is 0 Å². The van der Waals surface area contributed by atoms with E-state index in [0.29, 0.717) is 5.92 Å². The molecule has 1 N–H and O–H groups in total. The Morgan fingerprint density at radius 3 is 2.87 bits per heavy atom. The molecule has 0 radical (unpaired) electrons. The van der Waals surface area contributed by atoms with Crippen LogP contribution in [0.25, 0.3) is 0 Å². The van der Waals surface area contributed by atoms with Gasteiger partial charge in [0.2, 0.25) is 11.1 Å². The van der Waals surface area contributed by atoms with E-state index in [1.807, 2.05) is 19.0 Å². The predicted octanol–water partition coefficient (Wildman–Crippen LogP) is 1.65. The number of rotatable bonds is 4. The first kappa shape index (κ1) is 14.9. The van der Waals surface area contributed by atoms with Gasteiger partial charge in [0.15, 0.2) is 0 Å². The minimum atomic E-state index is -0.398. The highest BCUT2D eigenvalue weighted by Crippen LogP contribution is 2.40. The molecule has 0 saturated heterocycles. The lowest BCUT2D eigenvalue weighted by molar-refractivity contribution is 0.148. The van der Waals surface area contributed by atoms with Crippen molar-refractivity contribution in [2.24, 2.45) is 5.92 Å². The van der Waals surface area contributed by atoms with Gasteiger partial charge in [0.1, 0.15) is 6.10 Å². The smallest absolute Gasteiger partial charge is 0.238 e. The van der Waals surface area contributed by atoms with Crippen molar-refractivity contribution in [3.05, 3.63) is 17.5 Å². The van der Waals surface area contributed by atoms with Gasteiger partial charge in [-0.3, -0.25) is 4.68 Å². The van der Waals surface area contributed by atoms with Gasteiger partial charge in [0.05, 0.1) is 17.9 Å². The van der Waals surface area contributed by atoms with Gasteiger partial charge in [0, 0.05) is 38.7 Å². The van der Waals surface area contributed by atoms with Gasteiger partial charge in [-0.25, -0.2) is 0 Å². The van der Waals surface area contributed by atoms with Crippen molar-refractivity contribution in [2.75, 3.05) is 30.4 Å². The molecule has 2 aromatic rings. The summed E-state index contributed by atoms with van der Waals surface area (Å²) >= 11 is 1.44. The summed E-state index contributed by atoms with van der Waals surface area (Å²) in [5.74, 6) is 1.17. The normalized spacial score (nSPS) is 19.3. The molecule has 23 heavy (non-hydrogen) atoms. The Bertz CT molecular complexity index is 692. The fourth-order valence-corrected chi connectivity index (χ4v) is 3.73. The first-order valence-electron chi connectivity index (χ1n) is 8.12. The van der Waals surface area contributed by atoms with E-state index in [9.17, 15) is 5.11 Å². The minimum absolute atomic E-state index is 0.398. The van der Waals surface area contributed by atoms with E-state index in [2.05, 4.69) is 30.1 Å². The van der Waals surface area contributed by atoms with E-state index in [-0.39, 0.29) is 0 Å². The van der Waals surface area contributed by atoms with Crippen molar-refractivity contribution >= 4 is 22.6 Å². The zero-order chi connectivity index (χ0) is 16.0. The van der Waals surface area contributed by atoms with E-state index >= 15 is 0 Å². The predicted molar refractivity (Wildman–Crippen MR) is 89.8 cm³/mol. The van der Waals surface area contributed by atoms with Gasteiger partial charge in [-0.05, 0) is 31.2 Å². The summed E-state index contributed by atoms with van der Waals surface area (Å²) in [4.78, 5) is 8.79. The van der Waals surface area contributed by atoms with E-state index in [1.165, 1.54) is 11.5 Å². The number of hydrogen-bond donors (Lipinski definition) is 1. The molecule has 3 heterocycles. The van der Waals surface area contributed by atoms with Crippen LogP contribution in [-0.4, -0.2) is 44.9 Å². The van der Waals surface area contributed by atoms with Crippen LogP contribution >= 0.6 is 11.5 Å². The zero-order valence-electron chi connectivity index (χ0n) is 13.5. The number of hydrogen-bond acceptors (Lipinski definition) is 7. The monoisotopic (exact) mass is 334 g/mol. The molecule has 2 aliphatic rings. The molecular formula is C15H22N6OS. The summed E-state index contributed by atoms with van der Waals surface area (Å²) < 4.78 is 6.45. The minimum Gasteiger partial charge on any atom is -0.386 e. The molecule has 0 aromatic carbocycles. The molecule has 7 nitrogen and oxygen atoms in total. The van der Waals surface area contributed by atoms with Crippen molar-refractivity contribution in [3.8, 4) is 0 Å². The topological polar surface area (TPSA) is 70.3 Å². The fraction of sp³-hybridized carbons (Fsp3) is 0.667. The highest BCUT2D eigenvalue weighted by Gasteiger charge is 2.33. The molecular weight excluding hydrogens is 312 g/mol. The third-order valence-corrected chi connectivity index (χ3v) is 5.25. The summed E-state index contributed by atoms with van der Waals surface area (Å²) in [5, 5.41) is 15.9. The third-order valence-electron chi connectivity index (χ3n) is 4.48. The van der Waals surface area contributed by atoms with Gasteiger partial charge in [-0.15, -0.1) is 0 Å². The molecule has 8 heteroatoms. The van der Waals surface area contributed by atoms with Crippen LogP contribution in [0.2, 0.25) is 0 Å². The first-order chi connectivity index (χ1) is 11.1. The second-order valence-electron chi connectivity index (χ2n) is 6.61. The Hall–Kier alpha value is -1.67. The van der Waals surface area contributed by atoms with Gasteiger partial charge in [-0.2, -0.15) is 14.5 Å². The van der Waals surface area contributed by atoms with Crippen LogP contribution in [0.15, 0.2) is 6.07 Å². The molecule has 2 aromatic heterocycles. The van der Waals surface area contributed by atoms with Gasteiger partial charge < -0.3 is 14.9 Å². The quantitative estimate of drug-likeness (QED) is 0.917. The first-order valence-corrected chi connectivity index (χ1v) is 8.90. The third kappa shape index (κ3) is 2.92. The van der Waals surface area contributed by atoms with Crippen LogP contribution in [0.5, 0.6) is 0 Å². The largest absolute Gasteiger partial charge is 0.386 e. The lowest BCUT2D eigenvalue weighted by Crippen LogP contribution is -2.22. The number of nitrogens with zero attached hydrogens (tertiary/aromatic N) is 6. The molecule has 124 valence electrons. The van der Waals surface area contributed by atoms with Gasteiger partial charge in [0.25, 0.3) is 0 Å². The summed E-state index contributed by atoms with van der Waals surface area (Å²) in [7, 11) is 3.91. The molecule has 0 unspecified atom stereocenters. The number of anilines is 2. The Morgan fingerprint density at radius 2 is 2.17 bits per heavy atom. The Kier molecular flexibility index (Phi) is 3.73. The Labute approximate surface area is 139 Å². The molecule has 1 atom stereocenters. The highest BCUT2D eigenvalue weighted by atomic mass is 32.1. The molecule has 1 saturated carbocycles. The van der Waals surface area contributed by atoms with E-state index < -0.39 is 6.10 Å². The molecule has 0 amide bonds. The van der Waals surface area contributed by atoms with Crippen molar-refractivity contribution < 1.29 is 5.11 Å². The molecule has 1 fully saturated rings. The Balaban J connectivity index is 1.55. The number of aromatic nitrogens is 4. The van der Waals surface area contributed by atoms with E-state index in [0.717, 1.165) is 61.4 Å².